The van der Waals surface area contributed by atoms with E-state index in [1.165, 1.54) is 19.3 Å². The molecule has 28 heavy (non-hydrogen) atoms. The van der Waals surface area contributed by atoms with Gasteiger partial charge in [-0.3, -0.25) is 9.69 Å². The Bertz CT molecular complexity index is 619. The summed E-state index contributed by atoms with van der Waals surface area (Å²) in [6.07, 6.45) is 2.17. The first-order valence-electron chi connectivity index (χ1n) is 10.3. The monoisotopic (exact) mass is 397 g/mol. The van der Waals surface area contributed by atoms with E-state index in [0.29, 0.717) is 19.0 Å². The molecule has 1 aromatic carbocycles. The van der Waals surface area contributed by atoms with Crippen molar-refractivity contribution in [3.05, 3.63) is 35.4 Å². The average Bonchev–Trinajstić information content (AvgIpc) is 2.68. The van der Waals surface area contributed by atoms with Crippen molar-refractivity contribution in [3.63, 3.8) is 0 Å². The normalized spacial score (nSPS) is 20.2. The van der Waals surface area contributed by atoms with E-state index in [-0.39, 0.29) is 5.91 Å². The number of piperazine rings is 1. The van der Waals surface area contributed by atoms with E-state index in [4.69, 9.17) is 0 Å². The van der Waals surface area contributed by atoms with Gasteiger partial charge in [0.2, 0.25) is 5.91 Å². The molecule has 4 nitrogen and oxygen atoms in total. The Morgan fingerprint density at radius 1 is 0.964 bits per heavy atom. The van der Waals surface area contributed by atoms with E-state index in [1.54, 1.807) is 12.1 Å². The Labute approximate surface area is 165 Å². The summed E-state index contributed by atoms with van der Waals surface area (Å²) in [7, 11) is 0. The van der Waals surface area contributed by atoms with Crippen LogP contribution in [-0.2, 0) is 17.5 Å². The number of hydrogen-bond acceptors (Lipinski definition) is 3. The lowest BCUT2D eigenvalue weighted by atomic mass is 9.95. The summed E-state index contributed by atoms with van der Waals surface area (Å²) in [4.78, 5) is 16.7. The minimum Gasteiger partial charge on any atom is -0.353 e. The fraction of sp³-hybridized carbons (Fsp3) is 0.667. The Balaban J connectivity index is 1.34. The lowest BCUT2D eigenvalue weighted by Crippen LogP contribution is -2.47. The predicted octanol–water partition coefficient (Wildman–Crippen LogP) is 3.66. The largest absolute Gasteiger partial charge is 0.416 e. The molecule has 1 amide bonds. The molecule has 0 aromatic heterocycles. The third-order valence-electron chi connectivity index (χ3n) is 5.78. The maximum atomic E-state index is 12.6. The van der Waals surface area contributed by atoms with Crippen molar-refractivity contribution >= 4 is 5.91 Å². The standard InChI is InChI=1S/C21H30F3N3O/c22-21(23,24)18-8-6-17(7-9-18)16-27-14-12-26(13-15-27)11-10-20(28)25-19-4-2-1-3-5-19/h6-9,19H,1-5,10-16H2,(H,25,28). The van der Waals surface area contributed by atoms with Crippen LogP contribution in [0.5, 0.6) is 0 Å². The van der Waals surface area contributed by atoms with Crippen molar-refractivity contribution in [1.29, 1.82) is 0 Å². The molecule has 0 radical (unpaired) electrons. The summed E-state index contributed by atoms with van der Waals surface area (Å²) in [6, 6.07) is 5.78. The summed E-state index contributed by atoms with van der Waals surface area (Å²) < 4.78 is 37.9. The number of benzene rings is 1. The topological polar surface area (TPSA) is 35.6 Å². The molecule has 1 heterocycles. The molecule has 3 rings (SSSR count). The maximum absolute atomic E-state index is 12.6. The zero-order chi connectivity index (χ0) is 20.0. The number of carbonyl (C=O) groups excluding carboxylic acids is 1. The number of nitrogens with one attached hydrogen (secondary N) is 1. The van der Waals surface area contributed by atoms with Crippen LogP contribution in [-0.4, -0.2) is 54.5 Å². The molecule has 7 heteroatoms. The maximum Gasteiger partial charge on any atom is 0.416 e. The van der Waals surface area contributed by atoms with Gasteiger partial charge in [-0.2, -0.15) is 13.2 Å². The van der Waals surface area contributed by atoms with E-state index in [9.17, 15) is 18.0 Å². The van der Waals surface area contributed by atoms with Crippen LogP contribution in [0.2, 0.25) is 0 Å². The van der Waals surface area contributed by atoms with Gasteiger partial charge in [0.05, 0.1) is 5.56 Å². The second kappa shape index (κ2) is 9.74. The van der Waals surface area contributed by atoms with Crippen LogP contribution in [0.15, 0.2) is 24.3 Å². The van der Waals surface area contributed by atoms with E-state index in [0.717, 1.165) is 63.3 Å². The van der Waals surface area contributed by atoms with Crippen molar-refractivity contribution < 1.29 is 18.0 Å². The summed E-state index contributed by atoms with van der Waals surface area (Å²) in [6.45, 7) is 4.94. The van der Waals surface area contributed by atoms with Crippen molar-refractivity contribution in [1.82, 2.24) is 15.1 Å². The van der Waals surface area contributed by atoms with Crippen molar-refractivity contribution in [2.75, 3.05) is 32.7 Å². The zero-order valence-corrected chi connectivity index (χ0v) is 16.3. The lowest BCUT2D eigenvalue weighted by Gasteiger charge is -2.34. The lowest BCUT2D eigenvalue weighted by molar-refractivity contribution is -0.137. The molecule has 1 aromatic rings. The van der Waals surface area contributed by atoms with Gasteiger partial charge in [-0.15, -0.1) is 0 Å². The molecule has 1 saturated carbocycles. The van der Waals surface area contributed by atoms with Gasteiger partial charge in [0, 0.05) is 51.7 Å². The number of carbonyl (C=O) groups is 1. The molecule has 0 spiro atoms. The quantitative estimate of drug-likeness (QED) is 0.796. The zero-order valence-electron chi connectivity index (χ0n) is 16.3. The van der Waals surface area contributed by atoms with Gasteiger partial charge in [0.15, 0.2) is 0 Å². The average molecular weight is 397 g/mol. The second-order valence-corrected chi connectivity index (χ2v) is 7.96. The molecule has 0 atom stereocenters. The van der Waals surface area contributed by atoms with Crippen molar-refractivity contribution in [2.24, 2.45) is 0 Å². The Hall–Kier alpha value is -1.60. The van der Waals surface area contributed by atoms with Gasteiger partial charge in [-0.1, -0.05) is 31.4 Å². The fourth-order valence-corrected chi connectivity index (χ4v) is 4.03. The van der Waals surface area contributed by atoms with Crippen LogP contribution >= 0.6 is 0 Å². The van der Waals surface area contributed by atoms with E-state index < -0.39 is 11.7 Å². The number of halogens is 3. The highest BCUT2D eigenvalue weighted by Gasteiger charge is 2.30. The van der Waals surface area contributed by atoms with Crippen molar-refractivity contribution in [3.8, 4) is 0 Å². The number of amides is 1. The van der Waals surface area contributed by atoms with Gasteiger partial charge in [0.1, 0.15) is 0 Å². The van der Waals surface area contributed by atoms with Crippen molar-refractivity contribution in [2.45, 2.75) is 57.3 Å². The number of rotatable bonds is 6. The molecule has 2 fully saturated rings. The van der Waals surface area contributed by atoms with E-state index in [1.807, 2.05) is 0 Å². The highest BCUT2D eigenvalue weighted by molar-refractivity contribution is 5.76. The van der Waals surface area contributed by atoms with E-state index >= 15 is 0 Å². The molecule has 0 bridgehead atoms. The van der Waals surface area contributed by atoms with Gasteiger partial charge >= 0.3 is 6.18 Å². The minimum atomic E-state index is -4.28. The van der Waals surface area contributed by atoms with Crippen LogP contribution < -0.4 is 5.32 Å². The summed E-state index contributed by atoms with van der Waals surface area (Å²) in [5.41, 5.74) is 0.292. The molecular weight excluding hydrogens is 367 g/mol. The van der Waals surface area contributed by atoms with Gasteiger partial charge in [-0.05, 0) is 30.5 Å². The van der Waals surface area contributed by atoms with Crippen LogP contribution in [0.3, 0.4) is 0 Å². The smallest absolute Gasteiger partial charge is 0.353 e. The Kier molecular flexibility index (Phi) is 7.35. The number of hydrogen-bond donors (Lipinski definition) is 1. The van der Waals surface area contributed by atoms with Gasteiger partial charge in [0.25, 0.3) is 0 Å². The van der Waals surface area contributed by atoms with Crippen LogP contribution in [0.25, 0.3) is 0 Å². The van der Waals surface area contributed by atoms with Crippen LogP contribution in [0.1, 0.15) is 49.7 Å². The number of alkyl halides is 3. The fourth-order valence-electron chi connectivity index (χ4n) is 4.03. The SMILES string of the molecule is O=C(CCN1CCN(Cc2ccc(C(F)(F)F)cc2)CC1)NC1CCCCC1. The first kappa shape index (κ1) is 21.1. The van der Waals surface area contributed by atoms with Gasteiger partial charge in [-0.25, -0.2) is 0 Å². The Morgan fingerprint density at radius 3 is 2.18 bits per heavy atom. The summed E-state index contributed by atoms with van der Waals surface area (Å²) >= 11 is 0. The first-order valence-corrected chi connectivity index (χ1v) is 10.3. The predicted molar refractivity (Wildman–Crippen MR) is 103 cm³/mol. The minimum absolute atomic E-state index is 0.152. The summed E-state index contributed by atoms with van der Waals surface area (Å²) in [5, 5.41) is 3.16. The third-order valence-corrected chi connectivity index (χ3v) is 5.78. The van der Waals surface area contributed by atoms with Crippen LogP contribution in [0, 0.1) is 0 Å². The highest BCUT2D eigenvalue weighted by atomic mass is 19.4. The number of nitrogens with zero attached hydrogens (tertiary/aromatic N) is 2. The molecular formula is C21H30F3N3O. The molecule has 1 aliphatic heterocycles. The molecule has 156 valence electrons. The highest BCUT2D eigenvalue weighted by Crippen LogP contribution is 2.29. The third kappa shape index (κ3) is 6.48. The van der Waals surface area contributed by atoms with Gasteiger partial charge < -0.3 is 10.2 Å². The van der Waals surface area contributed by atoms with Crippen LogP contribution in [0.4, 0.5) is 13.2 Å². The molecule has 1 aliphatic carbocycles. The first-order chi connectivity index (χ1) is 13.4. The Morgan fingerprint density at radius 2 is 1.57 bits per heavy atom. The second-order valence-electron chi connectivity index (χ2n) is 7.96. The summed E-state index contributed by atoms with van der Waals surface area (Å²) in [5.74, 6) is 0.152. The molecule has 1 N–H and O–H groups in total. The molecule has 0 unspecified atom stereocenters. The van der Waals surface area contributed by atoms with E-state index in [2.05, 4.69) is 15.1 Å². The molecule has 1 saturated heterocycles. The molecule has 2 aliphatic rings.